The van der Waals surface area contributed by atoms with Crippen LogP contribution in [0.4, 0.5) is 0 Å². The van der Waals surface area contributed by atoms with E-state index in [1.54, 1.807) is 0 Å². The van der Waals surface area contributed by atoms with Crippen molar-refractivity contribution >= 4 is 11.8 Å². The molecule has 1 rings (SSSR count). The molecule has 1 aliphatic heterocycles. The topological polar surface area (TPSA) is 15.3 Å². The Bertz CT molecular complexity index is 204. The first-order valence-electron chi connectivity index (χ1n) is 5.68. The number of hydrogen-bond donors (Lipinski definition) is 1. The Morgan fingerprint density at radius 3 is 2.73 bits per heavy atom. The third-order valence-electron chi connectivity index (χ3n) is 3.00. The van der Waals surface area contributed by atoms with E-state index in [1.807, 2.05) is 11.8 Å². The molecule has 0 radical (unpaired) electrons. The lowest BCUT2D eigenvalue weighted by molar-refractivity contribution is 0.218. The highest BCUT2D eigenvalue weighted by atomic mass is 32.2. The molecule has 0 amide bonds. The fourth-order valence-electron chi connectivity index (χ4n) is 1.84. The molecule has 1 atom stereocenters. The summed E-state index contributed by atoms with van der Waals surface area (Å²) in [5, 5.41) is 4.35. The number of piperidine rings is 1. The van der Waals surface area contributed by atoms with Crippen molar-refractivity contribution in [2.45, 2.75) is 31.1 Å². The predicted molar refractivity (Wildman–Crippen MR) is 69.3 cm³/mol. The molecule has 0 spiro atoms. The number of hydrogen-bond acceptors (Lipinski definition) is 3. The molecule has 0 aliphatic carbocycles. The second-order valence-electron chi connectivity index (χ2n) is 4.21. The molecule has 0 aromatic heterocycles. The fourth-order valence-corrected chi connectivity index (χ4v) is 2.10. The summed E-state index contributed by atoms with van der Waals surface area (Å²) in [6.07, 6.45) is 9.95. The van der Waals surface area contributed by atoms with E-state index in [2.05, 4.69) is 29.3 Å². The molecule has 1 unspecified atom stereocenters. The third kappa shape index (κ3) is 4.92. The first-order chi connectivity index (χ1) is 7.26. The van der Waals surface area contributed by atoms with E-state index in [0.29, 0.717) is 11.3 Å². The summed E-state index contributed by atoms with van der Waals surface area (Å²) in [5.74, 6) is 2.71. The van der Waals surface area contributed by atoms with Gasteiger partial charge in [0.2, 0.25) is 0 Å². The van der Waals surface area contributed by atoms with Crippen molar-refractivity contribution in [1.29, 1.82) is 0 Å². The van der Waals surface area contributed by atoms with Crippen LogP contribution in [0.5, 0.6) is 0 Å². The highest BCUT2D eigenvalue weighted by Crippen LogP contribution is 2.11. The number of terminal acetylenes is 1. The molecule has 1 fully saturated rings. The maximum Gasteiger partial charge on any atom is 0.0598 e. The molecule has 3 heteroatoms. The van der Waals surface area contributed by atoms with Gasteiger partial charge in [0.15, 0.2) is 0 Å². The lowest BCUT2D eigenvalue weighted by Crippen LogP contribution is -2.44. The van der Waals surface area contributed by atoms with Crippen molar-refractivity contribution in [1.82, 2.24) is 10.2 Å². The van der Waals surface area contributed by atoms with Gasteiger partial charge in [-0.05, 0) is 19.1 Å². The lowest BCUT2D eigenvalue weighted by Gasteiger charge is -2.31. The van der Waals surface area contributed by atoms with Crippen LogP contribution in [-0.2, 0) is 0 Å². The highest BCUT2D eigenvalue weighted by Gasteiger charge is 2.18. The van der Waals surface area contributed by atoms with Gasteiger partial charge in [-0.3, -0.25) is 4.90 Å². The van der Waals surface area contributed by atoms with E-state index in [1.165, 1.54) is 12.8 Å². The molecular formula is C12H22N2S. The Kier molecular flexibility index (Phi) is 6.16. The van der Waals surface area contributed by atoms with Crippen molar-refractivity contribution in [3.05, 3.63) is 0 Å². The zero-order valence-electron chi connectivity index (χ0n) is 9.83. The van der Waals surface area contributed by atoms with Gasteiger partial charge in [0.05, 0.1) is 6.54 Å². The molecule has 15 heavy (non-hydrogen) atoms. The van der Waals surface area contributed by atoms with Crippen LogP contribution >= 0.6 is 11.8 Å². The summed E-state index contributed by atoms with van der Waals surface area (Å²) in [4.78, 5) is 2.36. The molecule has 1 heterocycles. The lowest BCUT2D eigenvalue weighted by atomic mass is 10.1. The van der Waals surface area contributed by atoms with E-state index in [4.69, 9.17) is 6.42 Å². The first kappa shape index (κ1) is 12.9. The Balaban J connectivity index is 2.12. The molecule has 2 nitrogen and oxygen atoms in total. The van der Waals surface area contributed by atoms with E-state index in [-0.39, 0.29) is 0 Å². The molecule has 0 saturated carbocycles. The molecule has 1 aliphatic rings. The zero-order chi connectivity index (χ0) is 11.1. The number of nitrogens with one attached hydrogen (secondary N) is 1. The zero-order valence-corrected chi connectivity index (χ0v) is 10.6. The minimum absolute atomic E-state index is 0.702. The number of likely N-dealkylation sites (tertiary alicyclic amines) is 1. The number of nitrogens with zero attached hydrogens (tertiary/aromatic N) is 1. The van der Waals surface area contributed by atoms with Gasteiger partial charge in [-0.1, -0.05) is 12.8 Å². The Morgan fingerprint density at radius 2 is 2.20 bits per heavy atom. The normalized spacial score (nSPS) is 21.1. The monoisotopic (exact) mass is 226 g/mol. The van der Waals surface area contributed by atoms with Gasteiger partial charge in [-0.2, -0.15) is 11.8 Å². The molecule has 0 aromatic rings. The van der Waals surface area contributed by atoms with E-state index >= 15 is 0 Å². The van der Waals surface area contributed by atoms with E-state index in [9.17, 15) is 0 Å². The standard InChI is InChI=1S/C12H22N2S/c1-4-7-14-8-5-12(6-9-14)13-10-11(2)15-3/h1,11-13H,5-10H2,2-3H3. The Hall–Kier alpha value is -0.170. The van der Waals surface area contributed by atoms with Crippen molar-refractivity contribution in [2.24, 2.45) is 0 Å². The summed E-state index contributed by atoms with van der Waals surface area (Å²) in [6, 6.07) is 0.702. The largest absolute Gasteiger partial charge is 0.313 e. The van der Waals surface area contributed by atoms with Crippen LogP contribution in [0.15, 0.2) is 0 Å². The summed E-state index contributed by atoms with van der Waals surface area (Å²) in [7, 11) is 0. The smallest absolute Gasteiger partial charge is 0.0598 e. The van der Waals surface area contributed by atoms with Gasteiger partial charge in [0, 0.05) is 30.9 Å². The van der Waals surface area contributed by atoms with Gasteiger partial charge in [-0.15, -0.1) is 6.42 Å². The SMILES string of the molecule is C#CCN1CCC(NCC(C)SC)CC1. The van der Waals surface area contributed by atoms with Crippen LogP contribution in [0.2, 0.25) is 0 Å². The minimum atomic E-state index is 0.702. The van der Waals surface area contributed by atoms with Crippen LogP contribution in [0.25, 0.3) is 0 Å². The van der Waals surface area contributed by atoms with Crippen LogP contribution in [0, 0.1) is 12.3 Å². The maximum atomic E-state index is 5.30. The second-order valence-corrected chi connectivity index (χ2v) is 5.49. The molecule has 86 valence electrons. The van der Waals surface area contributed by atoms with Crippen LogP contribution in [0.1, 0.15) is 19.8 Å². The minimum Gasteiger partial charge on any atom is -0.313 e. The van der Waals surface area contributed by atoms with Gasteiger partial charge in [0.25, 0.3) is 0 Å². The van der Waals surface area contributed by atoms with Gasteiger partial charge >= 0.3 is 0 Å². The van der Waals surface area contributed by atoms with E-state index < -0.39 is 0 Å². The Morgan fingerprint density at radius 1 is 1.53 bits per heavy atom. The maximum absolute atomic E-state index is 5.30. The quantitative estimate of drug-likeness (QED) is 0.714. The highest BCUT2D eigenvalue weighted by molar-refractivity contribution is 7.99. The molecule has 0 bridgehead atoms. The van der Waals surface area contributed by atoms with Crippen molar-refractivity contribution in [2.75, 3.05) is 32.4 Å². The average molecular weight is 226 g/mol. The second kappa shape index (κ2) is 7.16. The molecule has 1 saturated heterocycles. The van der Waals surface area contributed by atoms with Crippen molar-refractivity contribution in [3.8, 4) is 12.3 Å². The summed E-state index contributed by atoms with van der Waals surface area (Å²) < 4.78 is 0. The molecule has 1 N–H and O–H groups in total. The number of thioether (sulfide) groups is 1. The van der Waals surface area contributed by atoms with Gasteiger partial charge in [-0.25, -0.2) is 0 Å². The van der Waals surface area contributed by atoms with Crippen molar-refractivity contribution < 1.29 is 0 Å². The Labute approximate surface area is 98.2 Å². The summed E-state index contributed by atoms with van der Waals surface area (Å²) in [5.41, 5.74) is 0. The fraction of sp³-hybridized carbons (Fsp3) is 0.833. The summed E-state index contributed by atoms with van der Waals surface area (Å²) >= 11 is 1.92. The van der Waals surface area contributed by atoms with Crippen LogP contribution in [0.3, 0.4) is 0 Å². The van der Waals surface area contributed by atoms with Gasteiger partial charge in [0.1, 0.15) is 0 Å². The van der Waals surface area contributed by atoms with Crippen LogP contribution < -0.4 is 5.32 Å². The third-order valence-corrected chi connectivity index (χ3v) is 3.97. The molecular weight excluding hydrogens is 204 g/mol. The van der Waals surface area contributed by atoms with Crippen LogP contribution in [-0.4, -0.2) is 48.6 Å². The molecule has 0 aromatic carbocycles. The number of rotatable bonds is 5. The first-order valence-corrected chi connectivity index (χ1v) is 6.97. The average Bonchev–Trinajstić information content (AvgIpc) is 2.28. The summed E-state index contributed by atoms with van der Waals surface area (Å²) in [6.45, 7) is 6.51. The predicted octanol–water partition coefficient (Wildman–Crippen LogP) is 1.43. The van der Waals surface area contributed by atoms with Gasteiger partial charge < -0.3 is 5.32 Å². The van der Waals surface area contributed by atoms with E-state index in [0.717, 1.165) is 26.2 Å². The van der Waals surface area contributed by atoms with Crippen molar-refractivity contribution in [3.63, 3.8) is 0 Å².